The maximum absolute atomic E-state index is 13.2. The van der Waals surface area contributed by atoms with Gasteiger partial charge >= 0.3 is 0 Å². The molecule has 0 aliphatic heterocycles. The van der Waals surface area contributed by atoms with Crippen molar-refractivity contribution < 1.29 is 17.9 Å². The van der Waals surface area contributed by atoms with Gasteiger partial charge < -0.3 is 5.11 Å². The van der Waals surface area contributed by atoms with Crippen molar-refractivity contribution in [2.75, 3.05) is 11.3 Å². The summed E-state index contributed by atoms with van der Waals surface area (Å²) in [6.45, 7) is 2.99. The highest BCUT2D eigenvalue weighted by Gasteiger charge is 2.17. The van der Waals surface area contributed by atoms with Crippen molar-refractivity contribution in [1.29, 1.82) is 0 Å². The molecule has 0 aromatic heterocycles. The van der Waals surface area contributed by atoms with Crippen LogP contribution in [0.25, 0.3) is 0 Å². The molecule has 19 heavy (non-hydrogen) atoms. The van der Waals surface area contributed by atoms with Crippen LogP contribution in [0.3, 0.4) is 0 Å². The number of sulfonamides is 1. The molecule has 0 heterocycles. The van der Waals surface area contributed by atoms with Crippen molar-refractivity contribution in [1.82, 2.24) is 0 Å². The smallest absolute Gasteiger partial charge is 0.235 e. The Morgan fingerprint density at radius 1 is 1.42 bits per heavy atom. The summed E-state index contributed by atoms with van der Waals surface area (Å²) in [6.07, 6.45) is 0.243. The summed E-state index contributed by atoms with van der Waals surface area (Å²) in [6, 6.07) is 3.65. The van der Waals surface area contributed by atoms with Crippen molar-refractivity contribution in [3.63, 3.8) is 0 Å². The Kier molecular flexibility index (Phi) is 5.33. The molecule has 0 radical (unpaired) electrons. The first-order valence-electron chi connectivity index (χ1n) is 5.77. The number of aliphatic hydroxyl groups is 1. The molecule has 6 heteroatoms. The lowest BCUT2D eigenvalue weighted by molar-refractivity contribution is 0.305. The van der Waals surface area contributed by atoms with Crippen molar-refractivity contribution >= 4 is 15.7 Å². The molecular weight excluding hydrogens is 269 g/mol. The second-order valence-corrected chi connectivity index (χ2v) is 6.40. The lowest BCUT2D eigenvalue weighted by atomic mass is 10.2. The summed E-state index contributed by atoms with van der Waals surface area (Å²) in [4.78, 5) is 0. The van der Waals surface area contributed by atoms with E-state index in [0.29, 0.717) is 0 Å². The van der Waals surface area contributed by atoms with Crippen LogP contribution in [0.4, 0.5) is 10.1 Å². The van der Waals surface area contributed by atoms with Crippen molar-refractivity contribution in [2.45, 2.75) is 25.5 Å². The van der Waals surface area contributed by atoms with E-state index in [1.165, 1.54) is 6.07 Å². The molecule has 0 saturated heterocycles. The van der Waals surface area contributed by atoms with Crippen LogP contribution < -0.4 is 4.72 Å². The first-order chi connectivity index (χ1) is 8.86. The fourth-order valence-electron chi connectivity index (χ4n) is 1.19. The molecule has 0 spiro atoms. The lowest BCUT2D eigenvalue weighted by Gasteiger charge is -2.12. The molecule has 0 saturated carbocycles. The van der Waals surface area contributed by atoms with E-state index in [9.17, 15) is 12.8 Å². The minimum Gasteiger partial charge on any atom is -0.395 e. The van der Waals surface area contributed by atoms with Crippen LogP contribution in [-0.4, -0.2) is 25.4 Å². The van der Waals surface area contributed by atoms with Gasteiger partial charge in [0.2, 0.25) is 10.0 Å². The Morgan fingerprint density at radius 3 is 2.68 bits per heavy atom. The number of hydrogen-bond acceptors (Lipinski definition) is 3. The zero-order valence-electron chi connectivity index (χ0n) is 10.8. The zero-order valence-corrected chi connectivity index (χ0v) is 11.6. The normalized spacial score (nSPS) is 11.0. The highest BCUT2D eigenvalue weighted by molar-refractivity contribution is 7.93. The molecule has 104 valence electrons. The number of hydrogen-bond donors (Lipinski definition) is 2. The van der Waals surface area contributed by atoms with Gasteiger partial charge in [-0.2, -0.15) is 0 Å². The Morgan fingerprint density at radius 2 is 2.11 bits per heavy atom. The van der Waals surface area contributed by atoms with Gasteiger partial charge in [-0.25, -0.2) is 12.8 Å². The monoisotopic (exact) mass is 285 g/mol. The van der Waals surface area contributed by atoms with Gasteiger partial charge in [0.15, 0.2) is 0 Å². The van der Waals surface area contributed by atoms with Crippen LogP contribution >= 0.6 is 0 Å². The van der Waals surface area contributed by atoms with E-state index in [4.69, 9.17) is 5.11 Å². The average molecular weight is 285 g/mol. The van der Waals surface area contributed by atoms with E-state index in [1.807, 2.05) is 0 Å². The SMILES string of the molecule is CC(C)S(=O)(=O)Nc1ccc(F)cc1C#CCCO. The fourth-order valence-corrected chi connectivity index (χ4v) is 1.91. The summed E-state index contributed by atoms with van der Waals surface area (Å²) in [5, 5.41) is 8.04. The van der Waals surface area contributed by atoms with Crippen LogP contribution in [-0.2, 0) is 10.0 Å². The molecule has 0 bridgehead atoms. The standard InChI is InChI=1S/C13H16FNO3S/c1-10(2)19(17,18)15-13-7-6-12(14)9-11(13)5-3-4-8-16/h6-7,9-10,15-16H,4,8H2,1-2H3. The van der Waals surface area contributed by atoms with Gasteiger partial charge in [-0.05, 0) is 32.0 Å². The third-order valence-electron chi connectivity index (χ3n) is 2.31. The Labute approximate surface area is 112 Å². The molecule has 0 unspecified atom stereocenters. The highest BCUT2D eigenvalue weighted by Crippen LogP contribution is 2.18. The number of anilines is 1. The average Bonchev–Trinajstić information content (AvgIpc) is 2.32. The van der Waals surface area contributed by atoms with Crippen LogP contribution in [0.15, 0.2) is 18.2 Å². The third kappa shape index (κ3) is 4.54. The second-order valence-electron chi connectivity index (χ2n) is 4.16. The van der Waals surface area contributed by atoms with E-state index in [-0.39, 0.29) is 24.3 Å². The summed E-state index contributed by atoms with van der Waals surface area (Å²) < 4.78 is 39.1. The summed E-state index contributed by atoms with van der Waals surface area (Å²) >= 11 is 0. The van der Waals surface area contributed by atoms with E-state index < -0.39 is 21.1 Å². The summed E-state index contributed by atoms with van der Waals surface area (Å²) in [7, 11) is -3.51. The molecule has 0 fully saturated rings. The molecule has 0 aliphatic carbocycles. The van der Waals surface area contributed by atoms with Crippen LogP contribution in [0.5, 0.6) is 0 Å². The van der Waals surface area contributed by atoms with E-state index in [0.717, 1.165) is 12.1 Å². The van der Waals surface area contributed by atoms with Crippen molar-refractivity contribution in [2.24, 2.45) is 0 Å². The molecule has 0 amide bonds. The predicted octanol–water partition coefficient (Wildman–Crippen LogP) is 1.71. The van der Waals surface area contributed by atoms with Crippen molar-refractivity contribution in [3.05, 3.63) is 29.6 Å². The molecule has 1 rings (SSSR count). The molecule has 2 N–H and O–H groups in total. The lowest BCUT2D eigenvalue weighted by Crippen LogP contribution is -2.23. The second kappa shape index (κ2) is 6.55. The summed E-state index contributed by atoms with van der Waals surface area (Å²) in [5.41, 5.74) is 0.484. The Balaban J connectivity index is 3.12. The maximum atomic E-state index is 13.2. The van der Waals surface area contributed by atoms with Crippen LogP contribution in [0, 0.1) is 17.7 Å². The molecule has 1 aromatic carbocycles. The predicted molar refractivity (Wildman–Crippen MR) is 72.7 cm³/mol. The molecule has 0 aliphatic rings. The first-order valence-corrected chi connectivity index (χ1v) is 7.32. The van der Waals surface area contributed by atoms with Gasteiger partial charge in [-0.15, -0.1) is 0 Å². The maximum Gasteiger partial charge on any atom is 0.235 e. The van der Waals surface area contributed by atoms with Gasteiger partial charge in [0, 0.05) is 6.42 Å². The van der Waals surface area contributed by atoms with Gasteiger partial charge in [-0.1, -0.05) is 11.8 Å². The molecule has 1 aromatic rings. The Hall–Kier alpha value is -1.58. The number of nitrogens with one attached hydrogen (secondary N) is 1. The van der Waals surface area contributed by atoms with E-state index in [2.05, 4.69) is 16.6 Å². The highest BCUT2D eigenvalue weighted by atomic mass is 32.2. The van der Waals surface area contributed by atoms with Gasteiger partial charge in [0.25, 0.3) is 0 Å². The van der Waals surface area contributed by atoms with Crippen molar-refractivity contribution in [3.8, 4) is 11.8 Å². The number of halogens is 1. The van der Waals surface area contributed by atoms with Gasteiger partial charge in [0.1, 0.15) is 5.82 Å². The van der Waals surface area contributed by atoms with Gasteiger partial charge in [0.05, 0.1) is 23.1 Å². The number of aliphatic hydroxyl groups excluding tert-OH is 1. The van der Waals surface area contributed by atoms with E-state index >= 15 is 0 Å². The van der Waals surface area contributed by atoms with Crippen LogP contribution in [0.2, 0.25) is 0 Å². The fraction of sp³-hybridized carbons (Fsp3) is 0.385. The largest absolute Gasteiger partial charge is 0.395 e. The van der Waals surface area contributed by atoms with E-state index in [1.54, 1.807) is 13.8 Å². The Bertz CT molecular complexity index is 600. The number of benzene rings is 1. The quantitative estimate of drug-likeness (QED) is 0.828. The first kappa shape index (κ1) is 15.5. The zero-order chi connectivity index (χ0) is 14.5. The molecule has 0 atom stereocenters. The third-order valence-corrected chi connectivity index (χ3v) is 4.06. The topological polar surface area (TPSA) is 66.4 Å². The van der Waals surface area contributed by atoms with Gasteiger partial charge in [-0.3, -0.25) is 4.72 Å². The van der Waals surface area contributed by atoms with Crippen LogP contribution in [0.1, 0.15) is 25.8 Å². The summed E-state index contributed by atoms with van der Waals surface area (Å²) in [5.74, 6) is 4.77. The molecular formula is C13H16FNO3S. The minimum atomic E-state index is -3.51. The minimum absolute atomic E-state index is 0.102. The number of rotatable bonds is 4. The molecule has 4 nitrogen and oxygen atoms in total.